The molecule has 8 aromatic rings. The second kappa shape index (κ2) is 10.7. The SMILES string of the molecule is c1ccc2c(-c3cccc4c(N5CCOCC5)c(-c5ccon5)c(-c5ccsn5)c(-c5nc6ccccc6[nH]5)c34)nccc2c1. The van der Waals surface area contributed by atoms with Crippen molar-refractivity contribution in [3.05, 3.63) is 103 Å². The summed E-state index contributed by atoms with van der Waals surface area (Å²) < 4.78 is 16.2. The molecule has 0 radical (unpaired) electrons. The van der Waals surface area contributed by atoms with Crippen molar-refractivity contribution in [2.75, 3.05) is 31.2 Å². The monoisotopic (exact) mass is 606 g/mol. The molecule has 218 valence electrons. The quantitative estimate of drug-likeness (QED) is 0.211. The van der Waals surface area contributed by atoms with Gasteiger partial charge < -0.3 is 19.1 Å². The molecule has 5 heterocycles. The number of imidazole rings is 1. The molecule has 4 aromatic heterocycles. The predicted octanol–water partition coefficient (Wildman–Crippen LogP) is 8.21. The number of fused-ring (bicyclic) bond motifs is 3. The Bertz CT molecular complexity index is 2280. The minimum atomic E-state index is 0.641. The Labute approximate surface area is 262 Å². The van der Waals surface area contributed by atoms with Crippen molar-refractivity contribution in [3.63, 3.8) is 0 Å². The molecule has 0 spiro atoms. The highest BCUT2D eigenvalue weighted by molar-refractivity contribution is 7.03. The van der Waals surface area contributed by atoms with Crippen LogP contribution in [0.1, 0.15) is 0 Å². The third-order valence-electron chi connectivity index (χ3n) is 8.58. The number of para-hydroxylation sites is 2. The molecular weight excluding hydrogens is 581 g/mol. The Morgan fingerprint density at radius 1 is 0.778 bits per heavy atom. The Balaban J connectivity index is 1.52. The number of aromatic nitrogens is 5. The maximum atomic E-state index is 5.82. The van der Waals surface area contributed by atoms with E-state index in [9.17, 15) is 0 Å². The van der Waals surface area contributed by atoms with Crippen LogP contribution in [0.5, 0.6) is 0 Å². The Hall–Kier alpha value is -5.38. The second-order valence-electron chi connectivity index (χ2n) is 11.1. The van der Waals surface area contributed by atoms with Crippen molar-refractivity contribution in [3.8, 4) is 45.2 Å². The largest absolute Gasteiger partial charge is 0.378 e. The molecule has 1 fully saturated rings. The maximum Gasteiger partial charge on any atom is 0.139 e. The average Bonchev–Trinajstić information content (AvgIpc) is 3.90. The number of morpholine rings is 1. The highest BCUT2D eigenvalue weighted by atomic mass is 32.1. The van der Waals surface area contributed by atoms with Crippen LogP contribution in [0.3, 0.4) is 0 Å². The van der Waals surface area contributed by atoms with Gasteiger partial charge in [0.05, 0.1) is 41.3 Å². The number of benzene rings is 4. The number of rotatable bonds is 5. The van der Waals surface area contributed by atoms with Crippen LogP contribution < -0.4 is 4.90 Å². The van der Waals surface area contributed by atoms with Gasteiger partial charge in [0.15, 0.2) is 0 Å². The number of pyridine rings is 1. The topological polar surface area (TPSA) is 93.0 Å². The summed E-state index contributed by atoms with van der Waals surface area (Å²) in [7, 11) is 0. The highest BCUT2D eigenvalue weighted by Gasteiger charge is 2.31. The summed E-state index contributed by atoms with van der Waals surface area (Å²) in [4.78, 5) is 16.3. The van der Waals surface area contributed by atoms with E-state index < -0.39 is 0 Å². The van der Waals surface area contributed by atoms with E-state index in [1.54, 1.807) is 6.26 Å². The van der Waals surface area contributed by atoms with Crippen molar-refractivity contribution in [2.24, 2.45) is 0 Å². The molecule has 4 aromatic carbocycles. The lowest BCUT2D eigenvalue weighted by Gasteiger charge is -2.33. The lowest BCUT2D eigenvalue weighted by Crippen LogP contribution is -2.36. The van der Waals surface area contributed by atoms with Crippen molar-refractivity contribution in [1.29, 1.82) is 0 Å². The van der Waals surface area contributed by atoms with E-state index in [0.717, 1.165) is 96.5 Å². The first-order chi connectivity index (χ1) is 22.3. The molecule has 0 unspecified atom stereocenters. The highest BCUT2D eigenvalue weighted by Crippen LogP contribution is 2.52. The molecular formula is C36H26N6O2S. The summed E-state index contributed by atoms with van der Waals surface area (Å²) >= 11 is 1.43. The van der Waals surface area contributed by atoms with E-state index in [4.69, 9.17) is 23.6 Å². The number of aromatic amines is 1. The molecule has 0 saturated carbocycles. The van der Waals surface area contributed by atoms with E-state index in [0.29, 0.717) is 13.2 Å². The summed E-state index contributed by atoms with van der Waals surface area (Å²) in [5.41, 5.74) is 9.34. The Morgan fingerprint density at radius 2 is 1.64 bits per heavy atom. The number of hydrogen-bond acceptors (Lipinski definition) is 8. The van der Waals surface area contributed by atoms with E-state index in [2.05, 4.69) is 75.7 Å². The number of nitrogens with one attached hydrogen (secondary N) is 1. The van der Waals surface area contributed by atoms with Crippen molar-refractivity contribution >= 4 is 49.8 Å². The molecule has 1 aliphatic rings. The van der Waals surface area contributed by atoms with E-state index in [1.807, 2.05) is 35.8 Å². The average molecular weight is 607 g/mol. The van der Waals surface area contributed by atoms with Crippen LogP contribution in [-0.4, -0.2) is 50.8 Å². The van der Waals surface area contributed by atoms with Crippen LogP contribution in [0.25, 0.3) is 77.7 Å². The lowest BCUT2D eigenvalue weighted by atomic mass is 9.84. The van der Waals surface area contributed by atoms with Gasteiger partial charge in [0, 0.05) is 69.1 Å². The number of H-pyrrole nitrogens is 1. The fourth-order valence-corrected chi connectivity index (χ4v) is 7.18. The molecule has 1 aliphatic heterocycles. The summed E-state index contributed by atoms with van der Waals surface area (Å²) in [5, 5.41) is 10.9. The molecule has 9 heteroatoms. The number of ether oxygens (including phenoxy) is 1. The lowest BCUT2D eigenvalue weighted by molar-refractivity contribution is 0.123. The minimum absolute atomic E-state index is 0.641. The first kappa shape index (κ1) is 26.1. The van der Waals surface area contributed by atoms with Crippen LogP contribution in [-0.2, 0) is 4.74 Å². The van der Waals surface area contributed by atoms with Crippen LogP contribution in [0, 0.1) is 0 Å². The molecule has 0 amide bonds. The van der Waals surface area contributed by atoms with Crippen LogP contribution in [0.15, 0.2) is 107 Å². The molecule has 8 nitrogen and oxygen atoms in total. The van der Waals surface area contributed by atoms with Gasteiger partial charge >= 0.3 is 0 Å². The van der Waals surface area contributed by atoms with Gasteiger partial charge in [-0.3, -0.25) is 4.98 Å². The van der Waals surface area contributed by atoms with Crippen LogP contribution >= 0.6 is 11.5 Å². The molecule has 9 rings (SSSR count). The van der Waals surface area contributed by atoms with Gasteiger partial charge in [-0.25, -0.2) is 4.98 Å². The zero-order chi connectivity index (χ0) is 29.7. The number of hydrogen-bond donors (Lipinski definition) is 1. The third kappa shape index (κ3) is 4.23. The first-order valence-electron chi connectivity index (χ1n) is 14.9. The third-order valence-corrected chi connectivity index (χ3v) is 9.14. The van der Waals surface area contributed by atoms with Crippen molar-refractivity contribution < 1.29 is 9.26 Å². The molecule has 0 bridgehead atoms. The van der Waals surface area contributed by atoms with E-state index in [1.165, 1.54) is 11.5 Å². The second-order valence-corrected chi connectivity index (χ2v) is 11.7. The van der Waals surface area contributed by atoms with Crippen molar-refractivity contribution in [2.45, 2.75) is 0 Å². The molecule has 45 heavy (non-hydrogen) atoms. The summed E-state index contributed by atoms with van der Waals surface area (Å²) in [6, 6.07) is 29.1. The van der Waals surface area contributed by atoms with Gasteiger partial charge in [-0.1, -0.05) is 59.8 Å². The standard InChI is InChI=1S/C36H26N6O2S/c1-2-7-23-22(6-1)12-15-37-34(23)24-8-5-9-25-30(24)33(36-38-26-10-3-4-11-27(26)39-36)31(29-14-21-45-41-29)32(28-13-18-44-40-28)35(25)42-16-19-43-20-17-42/h1-15,18,21H,16-17,19-20H2,(H,38,39). The van der Waals surface area contributed by atoms with E-state index in [-0.39, 0.29) is 0 Å². The summed E-state index contributed by atoms with van der Waals surface area (Å²) in [6.45, 7) is 2.78. The Kier molecular flexibility index (Phi) is 6.17. The Morgan fingerprint density at radius 3 is 2.49 bits per heavy atom. The van der Waals surface area contributed by atoms with Gasteiger partial charge in [0.1, 0.15) is 17.8 Å². The fourth-order valence-electron chi connectivity index (χ4n) is 6.67. The molecule has 0 aliphatic carbocycles. The van der Waals surface area contributed by atoms with Gasteiger partial charge in [-0.2, -0.15) is 4.37 Å². The maximum absolute atomic E-state index is 5.82. The van der Waals surface area contributed by atoms with E-state index >= 15 is 0 Å². The fraction of sp³-hybridized carbons (Fsp3) is 0.111. The first-order valence-corrected chi connectivity index (χ1v) is 15.7. The zero-order valence-corrected chi connectivity index (χ0v) is 24.9. The smallest absolute Gasteiger partial charge is 0.139 e. The minimum Gasteiger partial charge on any atom is -0.378 e. The zero-order valence-electron chi connectivity index (χ0n) is 24.1. The van der Waals surface area contributed by atoms with Gasteiger partial charge in [0.2, 0.25) is 0 Å². The van der Waals surface area contributed by atoms with Gasteiger partial charge in [-0.05, 0) is 41.2 Å². The number of anilines is 1. The summed E-state index contributed by atoms with van der Waals surface area (Å²) in [5.74, 6) is 0.759. The van der Waals surface area contributed by atoms with Crippen LogP contribution in [0.4, 0.5) is 5.69 Å². The molecule has 1 N–H and O–H groups in total. The normalized spacial score (nSPS) is 13.7. The molecule has 1 saturated heterocycles. The van der Waals surface area contributed by atoms with Gasteiger partial charge in [-0.15, -0.1) is 0 Å². The number of nitrogens with zero attached hydrogens (tertiary/aromatic N) is 5. The predicted molar refractivity (Wildman–Crippen MR) is 179 cm³/mol. The van der Waals surface area contributed by atoms with Gasteiger partial charge in [0.25, 0.3) is 0 Å². The molecule has 0 atom stereocenters. The summed E-state index contributed by atoms with van der Waals surface area (Å²) in [6.07, 6.45) is 3.52. The van der Waals surface area contributed by atoms with Crippen LogP contribution in [0.2, 0.25) is 0 Å². The van der Waals surface area contributed by atoms with Crippen molar-refractivity contribution in [1.82, 2.24) is 24.5 Å².